The summed E-state index contributed by atoms with van der Waals surface area (Å²) < 4.78 is 6.10. The van der Waals surface area contributed by atoms with Crippen LogP contribution in [0.25, 0.3) is 0 Å². The van der Waals surface area contributed by atoms with Gasteiger partial charge in [0, 0.05) is 0 Å². The van der Waals surface area contributed by atoms with Crippen molar-refractivity contribution in [3.63, 3.8) is 0 Å². The molecule has 0 atom stereocenters. The van der Waals surface area contributed by atoms with Gasteiger partial charge >= 0.3 is 184 Å². The first-order chi connectivity index (χ1) is 15.2. The van der Waals surface area contributed by atoms with E-state index in [9.17, 15) is 4.79 Å². The summed E-state index contributed by atoms with van der Waals surface area (Å²) in [7, 11) is 0. The molecule has 0 unspecified atom stereocenters. The maximum atomic E-state index is 14.4. The summed E-state index contributed by atoms with van der Waals surface area (Å²) >= 11 is 0. The van der Waals surface area contributed by atoms with Gasteiger partial charge in [-0.05, 0) is 0 Å². The predicted octanol–water partition coefficient (Wildman–Crippen LogP) is 6.00. The topological polar surface area (TPSA) is 26.3 Å². The van der Waals surface area contributed by atoms with E-state index in [0.29, 0.717) is 0 Å². The molecule has 0 saturated heterocycles. The number of hydrogen-bond donors (Lipinski definition) is 0. The van der Waals surface area contributed by atoms with Crippen LogP contribution in [0.5, 0.6) is 0 Å². The van der Waals surface area contributed by atoms with Gasteiger partial charge < -0.3 is 0 Å². The molecule has 2 nitrogen and oxygen atoms in total. The van der Waals surface area contributed by atoms with E-state index >= 15 is 0 Å². The van der Waals surface area contributed by atoms with E-state index in [0.717, 1.165) is 21.5 Å². The van der Waals surface area contributed by atoms with Gasteiger partial charge in [0.15, 0.2) is 0 Å². The number of ether oxygens (including phenoxy) is 1. The summed E-state index contributed by atoms with van der Waals surface area (Å²) in [6.45, 7) is 0.651. The van der Waals surface area contributed by atoms with E-state index in [1.165, 1.54) is 0 Å². The van der Waals surface area contributed by atoms with Crippen molar-refractivity contribution >= 4 is 28.2 Å². The van der Waals surface area contributed by atoms with Gasteiger partial charge in [0.1, 0.15) is 0 Å². The average molecular weight is 424 g/mol. The van der Waals surface area contributed by atoms with Crippen LogP contribution in [0.2, 0.25) is 0 Å². The quantitative estimate of drug-likeness (QED) is 0.340. The molecule has 0 bridgehead atoms. The zero-order valence-electron chi connectivity index (χ0n) is 17.3. The molecule has 0 aliphatic rings. The van der Waals surface area contributed by atoms with Crippen LogP contribution in [0, 0.1) is 0 Å². The normalized spacial score (nSPS) is 12.3. The molecule has 0 radical (unpaired) electrons. The minimum atomic E-state index is -3.82. The molecular weight excluding hydrogens is 399 g/mol. The van der Waals surface area contributed by atoms with Gasteiger partial charge in [-0.3, -0.25) is 0 Å². The van der Waals surface area contributed by atoms with Crippen molar-refractivity contribution in [3.8, 4) is 0 Å². The van der Waals surface area contributed by atoms with Crippen LogP contribution in [0.1, 0.15) is 5.56 Å². The first-order valence-electron chi connectivity index (χ1n) is 10.3. The fourth-order valence-electron chi connectivity index (χ4n) is 4.22. The van der Waals surface area contributed by atoms with Crippen molar-refractivity contribution in [2.45, 2.75) is 6.61 Å². The van der Waals surface area contributed by atoms with E-state index < -0.39 is 6.60 Å². The van der Waals surface area contributed by atoms with Gasteiger partial charge in [-0.2, -0.15) is 0 Å². The van der Waals surface area contributed by atoms with Crippen LogP contribution in [0.4, 0.5) is 4.79 Å². The molecule has 4 rings (SSSR count). The summed E-state index contributed by atoms with van der Waals surface area (Å²) in [6, 6.07) is 39.6. The third-order valence-corrected chi connectivity index (χ3v) is 11.6. The molecule has 0 aliphatic carbocycles. The Hall–Kier alpha value is -3.48. The van der Waals surface area contributed by atoms with Gasteiger partial charge in [0.2, 0.25) is 0 Å². The second kappa shape index (κ2) is 8.71. The zero-order valence-corrected chi connectivity index (χ0v) is 18.2. The number of carbonyl (C=O) groups is 1. The summed E-state index contributed by atoms with van der Waals surface area (Å²) in [5.41, 5.74) is 0.694. The molecule has 4 aromatic carbocycles. The zero-order chi connectivity index (χ0) is 21.6. The Balaban J connectivity index is 2.01. The summed E-state index contributed by atoms with van der Waals surface area (Å²) in [5.74, 6) is 1.86. The minimum absolute atomic E-state index is 0.206. The second-order valence-corrected chi connectivity index (χ2v) is 12.1. The second-order valence-electron chi connectivity index (χ2n) is 7.42. The Labute approximate surface area is 183 Å². The molecule has 3 heteroatoms. The Morgan fingerprint density at radius 3 is 1.35 bits per heavy atom. The summed E-state index contributed by atoms with van der Waals surface area (Å²) in [4.78, 5) is 14.4. The Bertz CT molecular complexity index is 1060. The molecule has 4 aromatic rings. The third kappa shape index (κ3) is 3.30. The van der Waals surface area contributed by atoms with E-state index in [2.05, 4.69) is 6.58 Å². The monoisotopic (exact) mass is 424 g/mol. The molecule has 0 N–H and O–H groups in total. The van der Waals surface area contributed by atoms with Crippen LogP contribution in [-0.4, -0.2) is 5.71 Å². The van der Waals surface area contributed by atoms with Crippen molar-refractivity contribution < 1.29 is 9.53 Å². The van der Waals surface area contributed by atoms with Crippen LogP contribution in [-0.2, 0) is 11.3 Å². The van der Waals surface area contributed by atoms with Crippen LogP contribution in [0.15, 0.2) is 134 Å². The molecule has 0 spiro atoms. The fourth-order valence-corrected chi connectivity index (χ4v) is 9.24. The van der Waals surface area contributed by atoms with Gasteiger partial charge in [0.05, 0.1) is 0 Å². The summed E-state index contributed by atoms with van der Waals surface area (Å²) in [6.07, 6.45) is 0. The molecule has 31 heavy (non-hydrogen) atoms. The van der Waals surface area contributed by atoms with Crippen molar-refractivity contribution in [1.82, 2.24) is 0 Å². The first-order valence-corrected chi connectivity index (χ1v) is 12.6. The standard InChI is InChI=1S/C28H25O2P/c1-2-31(25-17-9-4-10-18-25,26-19-11-5-12-20-26,27-21-13-6-14-22-27)28(29)30-23-24-15-7-3-8-16-24/h2-22H,1,23H2. The van der Waals surface area contributed by atoms with Crippen LogP contribution < -0.4 is 15.9 Å². The van der Waals surface area contributed by atoms with Crippen LogP contribution >= 0.6 is 6.60 Å². The van der Waals surface area contributed by atoms with E-state index in [-0.39, 0.29) is 12.3 Å². The molecular formula is C28H25O2P. The van der Waals surface area contributed by atoms with Gasteiger partial charge in [-0.1, -0.05) is 0 Å². The molecule has 154 valence electrons. The molecule has 0 amide bonds. The Morgan fingerprint density at radius 1 is 0.645 bits per heavy atom. The van der Waals surface area contributed by atoms with Crippen molar-refractivity contribution in [2.75, 3.05) is 0 Å². The number of rotatable bonds is 7. The van der Waals surface area contributed by atoms with E-state index in [4.69, 9.17) is 4.74 Å². The molecule has 0 heterocycles. The number of carbonyl (C=O) groups excluding carboxylic acids is 1. The van der Waals surface area contributed by atoms with Crippen LogP contribution in [0.3, 0.4) is 0 Å². The summed E-state index contributed by atoms with van der Waals surface area (Å²) in [5, 5.41) is 2.75. The first kappa shape index (κ1) is 20.8. The van der Waals surface area contributed by atoms with E-state index in [1.54, 1.807) is 0 Å². The molecule has 0 aromatic heterocycles. The van der Waals surface area contributed by atoms with Gasteiger partial charge in [0.25, 0.3) is 0 Å². The average Bonchev–Trinajstić information content (AvgIpc) is 2.87. The number of benzene rings is 4. The Morgan fingerprint density at radius 2 is 1.00 bits per heavy atom. The van der Waals surface area contributed by atoms with Gasteiger partial charge in [-0.15, -0.1) is 0 Å². The van der Waals surface area contributed by atoms with Crippen molar-refractivity contribution in [2.24, 2.45) is 0 Å². The SMILES string of the molecule is C=CP(C(=O)OCc1ccccc1)(c1ccccc1)(c1ccccc1)c1ccccc1. The Kier molecular flexibility index (Phi) is 5.84. The van der Waals surface area contributed by atoms with Crippen molar-refractivity contribution in [1.29, 1.82) is 0 Å². The van der Waals surface area contributed by atoms with Crippen molar-refractivity contribution in [3.05, 3.63) is 139 Å². The molecule has 0 fully saturated rings. The molecule has 0 aliphatic heterocycles. The molecule has 0 saturated carbocycles. The third-order valence-electron chi connectivity index (χ3n) is 5.83. The predicted molar refractivity (Wildman–Crippen MR) is 132 cm³/mol. The van der Waals surface area contributed by atoms with E-state index in [1.807, 2.05) is 127 Å². The fraction of sp³-hybridized carbons (Fsp3) is 0.0357. The maximum absolute atomic E-state index is 14.4. The van der Waals surface area contributed by atoms with Gasteiger partial charge in [-0.25, -0.2) is 0 Å². The number of hydrogen-bond acceptors (Lipinski definition) is 2.